The molecule has 1 aromatic carbocycles. The van der Waals surface area contributed by atoms with Gasteiger partial charge < -0.3 is 15.8 Å². The van der Waals surface area contributed by atoms with Gasteiger partial charge in [-0.05, 0) is 30.9 Å². The van der Waals surface area contributed by atoms with Gasteiger partial charge in [0.2, 0.25) is 5.91 Å². The molecule has 1 aliphatic heterocycles. The molecule has 0 bridgehead atoms. The number of carbonyl (C=O) groups excluding carboxylic acids is 1. The molecule has 1 saturated heterocycles. The summed E-state index contributed by atoms with van der Waals surface area (Å²) < 4.78 is 31.8. The lowest BCUT2D eigenvalue weighted by molar-refractivity contribution is -0.135. The molecule has 0 aromatic heterocycles. The van der Waals surface area contributed by atoms with Crippen LogP contribution in [0.25, 0.3) is 0 Å². The highest BCUT2D eigenvalue weighted by Gasteiger charge is 2.38. The van der Waals surface area contributed by atoms with Crippen LogP contribution in [0.3, 0.4) is 0 Å². The highest BCUT2D eigenvalue weighted by Crippen LogP contribution is 2.29. The zero-order valence-electron chi connectivity index (χ0n) is 11.8. The van der Waals surface area contributed by atoms with Gasteiger partial charge in [0.25, 0.3) is 0 Å². The van der Waals surface area contributed by atoms with Crippen molar-refractivity contribution in [3.63, 3.8) is 0 Å². The van der Waals surface area contributed by atoms with Crippen LogP contribution < -0.4 is 11.1 Å². The third-order valence-corrected chi connectivity index (χ3v) is 4.03. The summed E-state index contributed by atoms with van der Waals surface area (Å²) in [6.45, 7) is 1.55. The molecular formula is C15H20F2N2O2. The van der Waals surface area contributed by atoms with Gasteiger partial charge in [-0.2, -0.15) is 0 Å². The maximum atomic E-state index is 13.5. The van der Waals surface area contributed by atoms with Gasteiger partial charge in [0.1, 0.15) is 0 Å². The lowest BCUT2D eigenvalue weighted by atomic mass is 9.79. The number of benzene rings is 1. The molecule has 1 fully saturated rings. The number of rotatable bonds is 5. The molecule has 0 radical (unpaired) electrons. The Labute approximate surface area is 122 Å². The number of nitrogens with one attached hydrogen (secondary N) is 1. The van der Waals surface area contributed by atoms with Crippen LogP contribution in [0.4, 0.5) is 8.78 Å². The molecule has 21 heavy (non-hydrogen) atoms. The third kappa shape index (κ3) is 3.57. The van der Waals surface area contributed by atoms with Gasteiger partial charge in [-0.15, -0.1) is 0 Å². The summed E-state index contributed by atoms with van der Waals surface area (Å²) in [4.78, 5) is 12.3. The second kappa shape index (κ2) is 6.95. The van der Waals surface area contributed by atoms with Crippen LogP contribution in [0.2, 0.25) is 0 Å². The summed E-state index contributed by atoms with van der Waals surface area (Å²) in [5.74, 6) is -1.86. The van der Waals surface area contributed by atoms with E-state index in [1.165, 1.54) is 12.1 Å². The monoisotopic (exact) mass is 298 g/mol. The van der Waals surface area contributed by atoms with Crippen molar-refractivity contribution in [2.24, 2.45) is 11.1 Å². The Morgan fingerprint density at radius 3 is 2.71 bits per heavy atom. The van der Waals surface area contributed by atoms with Crippen LogP contribution in [-0.2, 0) is 16.0 Å². The van der Waals surface area contributed by atoms with Crippen molar-refractivity contribution in [2.75, 3.05) is 26.3 Å². The van der Waals surface area contributed by atoms with Crippen LogP contribution in [0, 0.1) is 17.0 Å². The van der Waals surface area contributed by atoms with Gasteiger partial charge in [0.05, 0.1) is 5.41 Å². The molecule has 4 nitrogen and oxygen atoms in total. The minimum absolute atomic E-state index is 0.134. The van der Waals surface area contributed by atoms with Crippen LogP contribution in [-0.4, -0.2) is 32.2 Å². The number of nitrogens with two attached hydrogens (primary N) is 1. The number of hydrogen-bond donors (Lipinski definition) is 2. The van der Waals surface area contributed by atoms with E-state index in [4.69, 9.17) is 10.5 Å². The van der Waals surface area contributed by atoms with Crippen LogP contribution in [0.15, 0.2) is 18.2 Å². The summed E-state index contributed by atoms with van der Waals surface area (Å²) in [5, 5.41) is 2.78. The van der Waals surface area contributed by atoms with Gasteiger partial charge in [-0.25, -0.2) is 8.78 Å². The molecule has 6 heteroatoms. The van der Waals surface area contributed by atoms with E-state index in [9.17, 15) is 13.6 Å². The molecule has 0 aliphatic carbocycles. The van der Waals surface area contributed by atoms with E-state index in [2.05, 4.69) is 5.32 Å². The molecule has 0 unspecified atom stereocenters. The van der Waals surface area contributed by atoms with Gasteiger partial charge in [0, 0.05) is 26.3 Å². The number of amides is 1. The third-order valence-electron chi connectivity index (χ3n) is 4.03. The van der Waals surface area contributed by atoms with Crippen LogP contribution in [0.1, 0.15) is 18.4 Å². The maximum Gasteiger partial charge on any atom is 0.227 e. The Hall–Kier alpha value is -1.53. The summed E-state index contributed by atoms with van der Waals surface area (Å²) in [6, 6.07) is 4.04. The zero-order valence-corrected chi connectivity index (χ0v) is 11.8. The standard InChI is InChI=1S/C15H20F2N2O2/c16-12-3-1-2-11(13(12)17)4-7-19-14(20)15(10-18)5-8-21-9-6-15/h1-3H,4-10,18H2,(H,19,20). The number of hydrogen-bond acceptors (Lipinski definition) is 3. The minimum atomic E-state index is -0.873. The Bertz CT molecular complexity index is 502. The van der Waals surface area contributed by atoms with Crippen molar-refractivity contribution in [2.45, 2.75) is 19.3 Å². The van der Waals surface area contributed by atoms with E-state index in [0.717, 1.165) is 6.07 Å². The van der Waals surface area contributed by atoms with Crippen molar-refractivity contribution >= 4 is 5.91 Å². The first-order valence-electron chi connectivity index (χ1n) is 7.08. The normalized spacial score (nSPS) is 17.5. The fourth-order valence-electron chi connectivity index (χ4n) is 2.53. The van der Waals surface area contributed by atoms with E-state index in [0.29, 0.717) is 26.1 Å². The fourth-order valence-corrected chi connectivity index (χ4v) is 2.53. The van der Waals surface area contributed by atoms with Crippen LogP contribution in [0.5, 0.6) is 0 Å². The van der Waals surface area contributed by atoms with Crippen molar-refractivity contribution in [3.05, 3.63) is 35.4 Å². The Kier molecular flexibility index (Phi) is 5.25. The maximum absolute atomic E-state index is 13.5. The average molecular weight is 298 g/mol. The molecule has 0 spiro atoms. The first-order valence-corrected chi connectivity index (χ1v) is 7.08. The molecule has 1 aromatic rings. The minimum Gasteiger partial charge on any atom is -0.381 e. The molecule has 0 atom stereocenters. The Balaban J connectivity index is 1.90. The first-order chi connectivity index (χ1) is 10.1. The van der Waals surface area contributed by atoms with Gasteiger partial charge in [-0.3, -0.25) is 4.79 Å². The van der Waals surface area contributed by atoms with Crippen molar-refractivity contribution in [1.82, 2.24) is 5.32 Å². The van der Waals surface area contributed by atoms with E-state index >= 15 is 0 Å². The number of ether oxygens (including phenoxy) is 1. The largest absolute Gasteiger partial charge is 0.381 e. The van der Waals surface area contributed by atoms with Crippen LogP contribution >= 0.6 is 0 Å². The highest BCUT2D eigenvalue weighted by molar-refractivity contribution is 5.83. The Morgan fingerprint density at radius 1 is 1.33 bits per heavy atom. The van der Waals surface area contributed by atoms with Gasteiger partial charge >= 0.3 is 0 Å². The van der Waals surface area contributed by atoms with E-state index in [1.54, 1.807) is 0 Å². The van der Waals surface area contributed by atoms with Crippen molar-refractivity contribution in [1.29, 1.82) is 0 Å². The molecule has 1 heterocycles. The zero-order chi connectivity index (χ0) is 15.3. The average Bonchev–Trinajstić information content (AvgIpc) is 2.52. The quantitative estimate of drug-likeness (QED) is 0.863. The SMILES string of the molecule is NCC1(C(=O)NCCc2cccc(F)c2F)CCOCC1. The molecule has 1 amide bonds. The smallest absolute Gasteiger partial charge is 0.227 e. The van der Waals surface area contributed by atoms with E-state index < -0.39 is 17.0 Å². The molecular weight excluding hydrogens is 278 g/mol. The molecule has 116 valence electrons. The predicted octanol–water partition coefficient (Wildman–Crippen LogP) is 1.38. The topological polar surface area (TPSA) is 64.4 Å². The van der Waals surface area contributed by atoms with Gasteiger partial charge in [-0.1, -0.05) is 12.1 Å². The van der Waals surface area contributed by atoms with Crippen molar-refractivity contribution < 1.29 is 18.3 Å². The Morgan fingerprint density at radius 2 is 2.05 bits per heavy atom. The van der Waals surface area contributed by atoms with E-state index in [-0.39, 0.29) is 31.0 Å². The second-order valence-corrected chi connectivity index (χ2v) is 5.32. The van der Waals surface area contributed by atoms with Crippen molar-refractivity contribution in [3.8, 4) is 0 Å². The number of carbonyl (C=O) groups is 1. The summed E-state index contributed by atoms with van der Waals surface area (Å²) in [7, 11) is 0. The molecule has 2 rings (SSSR count). The summed E-state index contributed by atoms with van der Waals surface area (Å²) in [6.07, 6.45) is 1.42. The second-order valence-electron chi connectivity index (χ2n) is 5.32. The highest BCUT2D eigenvalue weighted by atomic mass is 19.2. The van der Waals surface area contributed by atoms with Gasteiger partial charge in [0.15, 0.2) is 11.6 Å². The van der Waals surface area contributed by atoms with E-state index in [1.807, 2.05) is 0 Å². The lowest BCUT2D eigenvalue weighted by Gasteiger charge is -2.34. The summed E-state index contributed by atoms with van der Waals surface area (Å²) in [5.41, 5.74) is 5.40. The number of halogens is 2. The molecule has 3 N–H and O–H groups in total. The predicted molar refractivity (Wildman–Crippen MR) is 74.6 cm³/mol. The first kappa shape index (κ1) is 15.9. The fraction of sp³-hybridized carbons (Fsp3) is 0.533. The molecule has 0 saturated carbocycles. The summed E-state index contributed by atoms with van der Waals surface area (Å²) >= 11 is 0. The molecule has 1 aliphatic rings. The lowest BCUT2D eigenvalue weighted by Crippen LogP contribution is -2.49.